The lowest BCUT2D eigenvalue weighted by atomic mass is 10.0. The van der Waals surface area contributed by atoms with E-state index in [4.69, 9.17) is 9.72 Å². The van der Waals surface area contributed by atoms with Crippen LogP contribution in [-0.4, -0.2) is 38.9 Å². The molecule has 3 heterocycles. The fraction of sp³-hybridized carbons (Fsp3) is 0.257. The van der Waals surface area contributed by atoms with Crippen LogP contribution in [0.5, 0.6) is 5.75 Å². The summed E-state index contributed by atoms with van der Waals surface area (Å²) in [5.74, 6) is 1.34. The van der Waals surface area contributed by atoms with Gasteiger partial charge >= 0.3 is 0 Å². The number of anilines is 1. The number of rotatable bonds is 13. The Labute approximate surface area is 265 Å². The molecular weight excluding hydrogens is 584 g/mol. The van der Waals surface area contributed by atoms with E-state index in [0.717, 1.165) is 63.8 Å². The molecule has 0 bridgehead atoms. The van der Waals surface area contributed by atoms with E-state index in [9.17, 15) is 9.59 Å². The van der Waals surface area contributed by atoms with E-state index in [2.05, 4.69) is 55.9 Å². The number of benzene rings is 3. The molecule has 1 atom stereocenters. The van der Waals surface area contributed by atoms with Crippen molar-refractivity contribution in [2.75, 3.05) is 12.4 Å². The van der Waals surface area contributed by atoms with Gasteiger partial charge in [0.1, 0.15) is 11.6 Å². The minimum Gasteiger partial charge on any atom is -0.497 e. The van der Waals surface area contributed by atoms with E-state index in [1.54, 1.807) is 13.3 Å². The first-order chi connectivity index (χ1) is 22.0. The highest BCUT2D eigenvalue weighted by Crippen LogP contribution is 2.29. The Balaban J connectivity index is 1.15. The zero-order valence-electron chi connectivity index (χ0n) is 25.4. The minimum absolute atomic E-state index is 0.0356. The quantitative estimate of drug-likeness (QED) is 0.0997. The zero-order chi connectivity index (χ0) is 31.2. The number of ether oxygens (including phenoxy) is 1. The number of aryl methyl sites for hydroxylation is 1. The average Bonchev–Trinajstić information content (AvgIpc) is 3.81. The molecule has 0 aliphatic heterocycles. The van der Waals surface area contributed by atoms with Crippen molar-refractivity contribution in [1.82, 2.24) is 25.3 Å². The number of imidazole rings is 1. The second-order valence-corrected chi connectivity index (χ2v) is 12.1. The monoisotopic (exact) mass is 620 g/mol. The average molecular weight is 621 g/mol. The van der Waals surface area contributed by atoms with Crippen LogP contribution in [0.25, 0.3) is 32.9 Å². The lowest BCUT2D eigenvalue weighted by Gasteiger charge is -2.17. The topological polar surface area (TPSA) is 125 Å². The molecule has 0 fully saturated rings. The van der Waals surface area contributed by atoms with E-state index in [0.29, 0.717) is 23.8 Å². The smallest absolute Gasteiger partial charge is 0.226 e. The van der Waals surface area contributed by atoms with E-state index in [1.165, 1.54) is 16.7 Å². The third-order valence-corrected chi connectivity index (χ3v) is 8.75. The van der Waals surface area contributed by atoms with Crippen LogP contribution in [-0.2, 0) is 16.0 Å². The molecule has 0 radical (unpaired) electrons. The summed E-state index contributed by atoms with van der Waals surface area (Å²) in [4.78, 5) is 41.5. The maximum absolute atomic E-state index is 13.5. The van der Waals surface area contributed by atoms with Crippen LogP contribution in [0.1, 0.15) is 55.2 Å². The number of unbranched alkanes of at least 4 members (excludes halogenated alkanes) is 2. The second-order valence-electron chi connectivity index (χ2n) is 11.2. The number of thiazole rings is 1. The SMILES string of the molecule is COc1ccc2[nH]c(C)c(CC(=O)N[C@@H](CCCCCC(=O)Nc3nccs3)c3ncc(-c4ccc5ccccc5c4)[nH]3)c2c1. The Morgan fingerprint density at radius 2 is 1.82 bits per heavy atom. The molecule has 3 aromatic heterocycles. The van der Waals surface area contributed by atoms with Gasteiger partial charge in [0.25, 0.3) is 0 Å². The summed E-state index contributed by atoms with van der Waals surface area (Å²) in [7, 11) is 1.64. The first-order valence-corrected chi connectivity index (χ1v) is 16.0. The van der Waals surface area contributed by atoms with Crippen molar-refractivity contribution in [3.63, 3.8) is 0 Å². The van der Waals surface area contributed by atoms with E-state index in [-0.39, 0.29) is 24.3 Å². The summed E-state index contributed by atoms with van der Waals surface area (Å²) in [6.45, 7) is 1.99. The van der Waals surface area contributed by atoms with Crippen LogP contribution in [0.4, 0.5) is 5.13 Å². The molecule has 6 aromatic rings. The molecule has 45 heavy (non-hydrogen) atoms. The second kappa shape index (κ2) is 13.8. The van der Waals surface area contributed by atoms with Crippen LogP contribution in [0.2, 0.25) is 0 Å². The molecule has 0 aliphatic rings. The van der Waals surface area contributed by atoms with Crippen molar-refractivity contribution >= 4 is 50.0 Å². The lowest BCUT2D eigenvalue weighted by molar-refractivity contribution is -0.121. The number of hydrogen-bond acceptors (Lipinski definition) is 6. The van der Waals surface area contributed by atoms with Crippen LogP contribution in [0.3, 0.4) is 0 Å². The molecular formula is C35H36N6O3S. The van der Waals surface area contributed by atoms with Gasteiger partial charge in [-0.15, -0.1) is 11.3 Å². The fourth-order valence-corrected chi connectivity index (χ4v) is 6.24. The van der Waals surface area contributed by atoms with Gasteiger partial charge in [-0.3, -0.25) is 9.59 Å². The first-order valence-electron chi connectivity index (χ1n) is 15.1. The van der Waals surface area contributed by atoms with Gasteiger partial charge in [-0.1, -0.05) is 49.2 Å². The number of nitrogens with zero attached hydrogens (tertiary/aromatic N) is 2. The molecule has 2 amide bonds. The Morgan fingerprint density at radius 1 is 0.956 bits per heavy atom. The van der Waals surface area contributed by atoms with Gasteiger partial charge < -0.3 is 25.3 Å². The predicted molar refractivity (Wildman–Crippen MR) is 180 cm³/mol. The number of aromatic amines is 2. The molecule has 10 heteroatoms. The predicted octanol–water partition coefficient (Wildman–Crippen LogP) is 7.47. The van der Waals surface area contributed by atoms with Gasteiger partial charge in [-0.25, -0.2) is 9.97 Å². The molecule has 0 saturated carbocycles. The highest BCUT2D eigenvalue weighted by molar-refractivity contribution is 7.13. The zero-order valence-corrected chi connectivity index (χ0v) is 26.2. The molecule has 0 unspecified atom stereocenters. The summed E-state index contributed by atoms with van der Waals surface area (Å²) >= 11 is 1.41. The molecule has 9 nitrogen and oxygen atoms in total. The molecule has 230 valence electrons. The van der Waals surface area contributed by atoms with Crippen LogP contribution < -0.4 is 15.4 Å². The highest BCUT2D eigenvalue weighted by Gasteiger charge is 2.21. The summed E-state index contributed by atoms with van der Waals surface area (Å²) in [6, 6.07) is 20.1. The number of H-pyrrole nitrogens is 2. The summed E-state index contributed by atoms with van der Waals surface area (Å²) in [5, 5.41) is 11.8. The normalized spacial score (nSPS) is 12.0. The Bertz CT molecular complexity index is 1930. The number of fused-ring (bicyclic) bond motifs is 2. The number of methoxy groups -OCH3 is 1. The van der Waals surface area contributed by atoms with E-state index >= 15 is 0 Å². The van der Waals surface area contributed by atoms with Gasteiger partial charge in [0.05, 0.1) is 31.5 Å². The van der Waals surface area contributed by atoms with Crippen LogP contribution in [0, 0.1) is 6.92 Å². The van der Waals surface area contributed by atoms with Crippen molar-refractivity contribution in [1.29, 1.82) is 0 Å². The van der Waals surface area contributed by atoms with Gasteiger partial charge in [0.2, 0.25) is 11.8 Å². The van der Waals surface area contributed by atoms with Gasteiger partial charge in [0, 0.05) is 40.2 Å². The Hall–Kier alpha value is -4.96. The van der Waals surface area contributed by atoms with E-state index < -0.39 is 0 Å². The van der Waals surface area contributed by atoms with Gasteiger partial charge in [0.15, 0.2) is 5.13 Å². The Morgan fingerprint density at radius 3 is 2.64 bits per heavy atom. The first kappa shape index (κ1) is 30.1. The van der Waals surface area contributed by atoms with Crippen molar-refractivity contribution in [2.24, 2.45) is 0 Å². The maximum Gasteiger partial charge on any atom is 0.226 e. The summed E-state index contributed by atoms with van der Waals surface area (Å²) < 4.78 is 5.43. The Kier molecular flexibility index (Phi) is 9.21. The number of carbonyl (C=O) groups excluding carboxylic acids is 2. The molecule has 6 rings (SSSR count). The van der Waals surface area contributed by atoms with Crippen LogP contribution in [0.15, 0.2) is 78.4 Å². The maximum atomic E-state index is 13.5. The highest BCUT2D eigenvalue weighted by atomic mass is 32.1. The van der Waals surface area contributed by atoms with Crippen LogP contribution >= 0.6 is 11.3 Å². The molecule has 4 N–H and O–H groups in total. The van der Waals surface area contributed by atoms with Crippen molar-refractivity contribution < 1.29 is 14.3 Å². The van der Waals surface area contributed by atoms with Gasteiger partial charge in [-0.2, -0.15) is 0 Å². The summed E-state index contributed by atoms with van der Waals surface area (Å²) in [6.07, 6.45) is 7.25. The largest absolute Gasteiger partial charge is 0.497 e. The number of hydrogen-bond donors (Lipinski definition) is 4. The van der Waals surface area contributed by atoms with Crippen molar-refractivity contribution in [3.8, 4) is 17.0 Å². The fourth-order valence-electron chi connectivity index (χ4n) is 5.69. The van der Waals surface area contributed by atoms with Crippen molar-refractivity contribution in [2.45, 2.75) is 51.5 Å². The van der Waals surface area contributed by atoms with E-state index in [1.807, 2.05) is 48.8 Å². The number of carbonyl (C=O) groups is 2. The standard InChI is InChI=1S/C35H36N6O3S/c1-22-27(28-19-26(44-2)14-15-29(28)38-22)20-33(43)39-30(10-4-3-5-11-32(42)41-35-36-16-17-45-35)34-37-21-31(40-34)25-13-12-23-8-6-7-9-24(23)18-25/h6-9,12-19,21,30,38H,3-5,10-11,20H2,1-2H3,(H,37,40)(H,39,43)(H,36,41,42)/t30-/m0/s1. The lowest BCUT2D eigenvalue weighted by Crippen LogP contribution is -2.30. The number of aromatic nitrogens is 4. The number of nitrogens with one attached hydrogen (secondary N) is 4. The van der Waals surface area contributed by atoms with Gasteiger partial charge in [-0.05, 0) is 60.4 Å². The third kappa shape index (κ3) is 7.24. The molecule has 3 aromatic carbocycles. The molecule has 0 spiro atoms. The molecule has 0 saturated heterocycles. The van der Waals surface area contributed by atoms with Crippen molar-refractivity contribution in [3.05, 3.63) is 95.5 Å². The third-order valence-electron chi connectivity index (χ3n) is 8.06. The number of amides is 2. The molecule has 0 aliphatic carbocycles. The minimum atomic E-state index is -0.309. The summed E-state index contributed by atoms with van der Waals surface area (Å²) in [5.41, 5.74) is 4.80.